The molecule has 4 rings (SSSR count). The third-order valence-electron chi connectivity index (χ3n) is 4.80. The number of nitrogens with zero attached hydrogens (tertiary/aromatic N) is 4. The van der Waals surface area contributed by atoms with Gasteiger partial charge in [-0.25, -0.2) is 15.0 Å². The standard InChI is InChI=1S/C18H21N5O4/c1-10(11-5-3-2-4-6-11)22-16-13-17(20-8-19-16)23(9-21-13)18-15(26)14(25)12(7-24)27-18/h2-6,8-10,12,14-15,18,24-26H,7H2,1H3,(H,19,20,22)/t10?,12-,14?,15?,18?/m1/s1. The number of fused-ring (bicyclic) bond motifs is 1. The highest BCUT2D eigenvalue weighted by Crippen LogP contribution is 2.32. The summed E-state index contributed by atoms with van der Waals surface area (Å²) < 4.78 is 7.11. The lowest BCUT2D eigenvalue weighted by atomic mass is 10.1. The Kier molecular flexibility index (Phi) is 4.75. The van der Waals surface area contributed by atoms with Crippen molar-refractivity contribution in [3.63, 3.8) is 0 Å². The fraction of sp³-hybridized carbons (Fsp3) is 0.389. The zero-order valence-corrected chi connectivity index (χ0v) is 14.7. The monoisotopic (exact) mass is 371 g/mol. The van der Waals surface area contributed by atoms with E-state index >= 15 is 0 Å². The van der Waals surface area contributed by atoms with Gasteiger partial charge in [0.25, 0.3) is 0 Å². The minimum absolute atomic E-state index is 0.00311. The average Bonchev–Trinajstić information content (AvgIpc) is 3.25. The summed E-state index contributed by atoms with van der Waals surface area (Å²) in [5, 5.41) is 32.8. The van der Waals surface area contributed by atoms with E-state index in [1.54, 1.807) is 4.57 Å². The second-order valence-corrected chi connectivity index (χ2v) is 6.55. The van der Waals surface area contributed by atoms with Gasteiger partial charge in [0.1, 0.15) is 24.6 Å². The van der Waals surface area contributed by atoms with Crippen LogP contribution in [0.1, 0.15) is 24.8 Å². The van der Waals surface area contributed by atoms with Crippen LogP contribution in [-0.2, 0) is 4.74 Å². The van der Waals surface area contributed by atoms with Crippen LogP contribution in [0, 0.1) is 0 Å². The van der Waals surface area contributed by atoms with E-state index in [0.717, 1.165) is 5.56 Å². The molecule has 1 aliphatic heterocycles. The lowest BCUT2D eigenvalue weighted by Crippen LogP contribution is -2.33. The summed E-state index contributed by atoms with van der Waals surface area (Å²) in [7, 11) is 0. The molecular weight excluding hydrogens is 350 g/mol. The molecule has 5 atom stereocenters. The molecule has 4 N–H and O–H groups in total. The van der Waals surface area contributed by atoms with Gasteiger partial charge in [0.2, 0.25) is 0 Å². The van der Waals surface area contributed by atoms with Crippen LogP contribution in [-0.4, -0.2) is 59.8 Å². The van der Waals surface area contributed by atoms with Gasteiger partial charge < -0.3 is 25.4 Å². The fourth-order valence-corrected chi connectivity index (χ4v) is 3.28. The fourth-order valence-electron chi connectivity index (χ4n) is 3.28. The SMILES string of the molecule is CC(Nc1ncnc2c1ncn2C1O[C@H](CO)C(O)C1O)c1ccccc1. The van der Waals surface area contributed by atoms with Crippen LogP contribution < -0.4 is 5.32 Å². The van der Waals surface area contributed by atoms with Crippen LogP contribution in [0.3, 0.4) is 0 Å². The maximum absolute atomic E-state index is 10.3. The molecule has 0 spiro atoms. The third-order valence-corrected chi connectivity index (χ3v) is 4.80. The Bertz CT molecular complexity index is 919. The van der Waals surface area contributed by atoms with E-state index in [4.69, 9.17) is 4.74 Å². The highest BCUT2D eigenvalue weighted by Gasteiger charge is 2.44. The molecule has 0 bridgehead atoms. The number of aliphatic hydroxyl groups is 3. The molecule has 4 unspecified atom stereocenters. The minimum Gasteiger partial charge on any atom is -0.394 e. The van der Waals surface area contributed by atoms with E-state index in [2.05, 4.69) is 20.3 Å². The Hall–Kier alpha value is -2.59. The second-order valence-electron chi connectivity index (χ2n) is 6.55. The molecule has 0 amide bonds. The van der Waals surface area contributed by atoms with Crippen molar-refractivity contribution in [2.45, 2.75) is 37.5 Å². The Morgan fingerprint density at radius 1 is 1.15 bits per heavy atom. The van der Waals surface area contributed by atoms with Crippen molar-refractivity contribution in [1.29, 1.82) is 0 Å². The molecule has 9 heteroatoms. The summed E-state index contributed by atoms with van der Waals surface area (Å²) in [4.78, 5) is 12.9. The van der Waals surface area contributed by atoms with Crippen molar-refractivity contribution in [2.75, 3.05) is 11.9 Å². The van der Waals surface area contributed by atoms with Crippen molar-refractivity contribution in [3.8, 4) is 0 Å². The van der Waals surface area contributed by atoms with Crippen molar-refractivity contribution in [2.24, 2.45) is 0 Å². The summed E-state index contributed by atoms with van der Waals surface area (Å²) in [5.74, 6) is 0.557. The van der Waals surface area contributed by atoms with Crippen LogP contribution in [0.25, 0.3) is 11.2 Å². The van der Waals surface area contributed by atoms with Crippen LogP contribution >= 0.6 is 0 Å². The van der Waals surface area contributed by atoms with Gasteiger partial charge in [0.15, 0.2) is 23.2 Å². The minimum atomic E-state index is -1.20. The Balaban J connectivity index is 1.64. The summed E-state index contributed by atoms with van der Waals surface area (Å²) in [6.07, 6.45) is -1.25. The Morgan fingerprint density at radius 2 is 1.93 bits per heavy atom. The van der Waals surface area contributed by atoms with Gasteiger partial charge in [-0.05, 0) is 12.5 Å². The molecule has 9 nitrogen and oxygen atoms in total. The van der Waals surface area contributed by atoms with Crippen molar-refractivity contribution in [3.05, 3.63) is 48.5 Å². The molecule has 27 heavy (non-hydrogen) atoms. The molecule has 1 aliphatic rings. The third kappa shape index (κ3) is 3.15. The smallest absolute Gasteiger partial charge is 0.167 e. The predicted octanol–water partition coefficient (Wildman–Crippen LogP) is 0.611. The highest BCUT2D eigenvalue weighted by molar-refractivity contribution is 5.82. The molecule has 3 heterocycles. The molecule has 1 fully saturated rings. The van der Waals surface area contributed by atoms with Gasteiger partial charge in [0, 0.05) is 0 Å². The second kappa shape index (κ2) is 7.20. The maximum atomic E-state index is 10.3. The lowest BCUT2D eigenvalue weighted by Gasteiger charge is -2.17. The zero-order chi connectivity index (χ0) is 19.0. The van der Waals surface area contributed by atoms with Crippen LogP contribution in [0.5, 0.6) is 0 Å². The van der Waals surface area contributed by atoms with E-state index in [0.29, 0.717) is 17.0 Å². The molecular formula is C18H21N5O4. The number of aliphatic hydroxyl groups excluding tert-OH is 3. The number of anilines is 1. The van der Waals surface area contributed by atoms with E-state index < -0.39 is 31.1 Å². The number of imidazole rings is 1. The number of aromatic nitrogens is 4. The zero-order valence-electron chi connectivity index (χ0n) is 14.7. The Labute approximate surface area is 155 Å². The van der Waals surface area contributed by atoms with E-state index in [1.165, 1.54) is 12.7 Å². The van der Waals surface area contributed by atoms with E-state index in [-0.39, 0.29) is 6.04 Å². The number of ether oxygens (including phenoxy) is 1. The lowest BCUT2D eigenvalue weighted by molar-refractivity contribution is -0.0511. The molecule has 0 aliphatic carbocycles. The molecule has 1 saturated heterocycles. The van der Waals surface area contributed by atoms with Gasteiger partial charge >= 0.3 is 0 Å². The normalized spacial score (nSPS) is 26.4. The quantitative estimate of drug-likeness (QED) is 0.514. The van der Waals surface area contributed by atoms with Crippen LogP contribution in [0.4, 0.5) is 5.82 Å². The van der Waals surface area contributed by atoms with Gasteiger partial charge in [0.05, 0.1) is 19.0 Å². The summed E-state index contributed by atoms with van der Waals surface area (Å²) in [5.41, 5.74) is 2.09. The highest BCUT2D eigenvalue weighted by atomic mass is 16.6. The number of hydrogen-bond acceptors (Lipinski definition) is 8. The molecule has 2 aromatic heterocycles. The maximum Gasteiger partial charge on any atom is 0.167 e. The number of benzene rings is 1. The number of nitrogens with one attached hydrogen (secondary N) is 1. The van der Waals surface area contributed by atoms with Crippen molar-refractivity contribution < 1.29 is 20.1 Å². The average molecular weight is 371 g/mol. The first-order valence-corrected chi connectivity index (χ1v) is 8.71. The van der Waals surface area contributed by atoms with Crippen molar-refractivity contribution in [1.82, 2.24) is 19.5 Å². The van der Waals surface area contributed by atoms with Gasteiger partial charge in [-0.15, -0.1) is 0 Å². The van der Waals surface area contributed by atoms with Crippen LogP contribution in [0.15, 0.2) is 43.0 Å². The topological polar surface area (TPSA) is 126 Å². The first-order valence-electron chi connectivity index (χ1n) is 8.71. The molecule has 0 saturated carbocycles. The van der Waals surface area contributed by atoms with Gasteiger partial charge in [-0.3, -0.25) is 4.57 Å². The van der Waals surface area contributed by atoms with Crippen LogP contribution in [0.2, 0.25) is 0 Å². The number of rotatable bonds is 5. The summed E-state index contributed by atoms with van der Waals surface area (Å²) in [6.45, 7) is 1.63. The summed E-state index contributed by atoms with van der Waals surface area (Å²) >= 11 is 0. The number of hydrogen-bond donors (Lipinski definition) is 4. The van der Waals surface area contributed by atoms with E-state index in [9.17, 15) is 15.3 Å². The predicted molar refractivity (Wildman–Crippen MR) is 96.8 cm³/mol. The first kappa shape index (κ1) is 17.8. The van der Waals surface area contributed by atoms with Gasteiger partial charge in [-0.2, -0.15) is 0 Å². The molecule has 142 valence electrons. The Morgan fingerprint density at radius 3 is 2.63 bits per heavy atom. The molecule has 1 aromatic carbocycles. The largest absolute Gasteiger partial charge is 0.394 e. The van der Waals surface area contributed by atoms with E-state index in [1.807, 2.05) is 37.3 Å². The van der Waals surface area contributed by atoms with Gasteiger partial charge in [-0.1, -0.05) is 30.3 Å². The van der Waals surface area contributed by atoms with Crippen molar-refractivity contribution >= 4 is 17.0 Å². The molecule has 3 aromatic rings. The first-order chi connectivity index (χ1) is 13.1. The summed E-state index contributed by atoms with van der Waals surface area (Å²) in [6, 6.07) is 9.95. The molecule has 0 radical (unpaired) electrons.